The average Bonchev–Trinajstić information content (AvgIpc) is 3.01. The van der Waals surface area contributed by atoms with E-state index in [1.165, 1.54) is 0 Å². The molecular formula is C18H19Cl2N5. The molecule has 3 aromatic rings. The summed E-state index contributed by atoms with van der Waals surface area (Å²) in [6, 6.07) is 11.6. The summed E-state index contributed by atoms with van der Waals surface area (Å²) in [5.41, 5.74) is 3.52. The van der Waals surface area contributed by atoms with E-state index >= 15 is 0 Å². The van der Waals surface area contributed by atoms with Gasteiger partial charge < -0.3 is 5.32 Å². The van der Waals surface area contributed by atoms with Crippen molar-refractivity contribution < 1.29 is 0 Å². The van der Waals surface area contributed by atoms with Gasteiger partial charge in [0.25, 0.3) is 0 Å². The Morgan fingerprint density at radius 3 is 2.32 bits per heavy atom. The number of hydrogen-bond donors (Lipinski definition) is 1. The number of benzene rings is 2. The summed E-state index contributed by atoms with van der Waals surface area (Å²) in [4.78, 5) is 0. The van der Waals surface area contributed by atoms with E-state index in [0.29, 0.717) is 15.9 Å². The molecule has 0 saturated carbocycles. The molecule has 0 fully saturated rings. The van der Waals surface area contributed by atoms with Crippen LogP contribution in [0.2, 0.25) is 10.0 Å². The molecular weight excluding hydrogens is 357 g/mol. The number of aryl methyl sites for hydroxylation is 2. The standard InChI is InChI=1S/C18H19Cl2N5/c1-11-6-5-7-12(2)16(11)25-17(22-23-24-25)18(3,4)21-13-8-9-14(19)15(20)10-13/h5-10,21H,1-4H3. The van der Waals surface area contributed by atoms with Gasteiger partial charge in [0.1, 0.15) is 0 Å². The van der Waals surface area contributed by atoms with E-state index in [4.69, 9.17) is 23.2 Å². The highest BCUT2D eigenvalue weighted by Crippen LogP contribution is 2.30. The van der Waals surface area contributed by atoms with Gasteiger partial charge in [-0.25, -0.2) is 0 Å². The summed E-state index contributed by atoms with van der Waals surface area (Å²) >= 11 is 12.1. The molecule has 0 amide bonds. The van der Waals surface area contributed by atoms with E-state index in [1.54, 1.807) is 16.8 Å². The van der Waals surface area contributed by atoms with Crippen LogP contribution in [0.1, 0.15) is 30.8 Å². The number of nitrogens with zero attached hydrogens (tertiary/aromatic N) is 4. The van der Waals surface area contributed by atoms with Crippen LogP contribution >= 0.6 is 23.2 Å². The molecule has 0 spiro atoms. The molecule has 1 aromatic heterocycles. The van der Waals surface area contributed by atoms with Crippen LogP contribution in [0.4, 0.5) is 5.69 Å². The number of nitrogens with one attached hydrogen (secondary N) is 1. The lowest BCUT2D eigenvalue weighted by atomic mass is 10.0. The van der Waals surface area contributed by atoms with Gasteiger partial charge in [0.2, 0.25) is 0 Å². The van der Waals surface area contributed by atoms with Crippen molar-refractivity contribution in [1.82, 2.24) is 20.2 Å². The summed E-state index contributed by atoms with van der Waals surface area (Å²) in [6.45, 7) is 8.14. The Bertz CT molecular complexity index is 897. The zero-order valence-corrected chi connectivity index (χ0v) is 16.0. The maximum atomic E-state index is 6.12. The van der Waals surface area contributed by atoms with Crippen LogP contribution in [0.5, 0.6) is 0 Å². The number of para-hydroxylation sites is 1. The largest absolute Gasteiger partial charge is 0.373 e. The molecule has 0 atom stereocenters. The van der Waals surface area contributed by atoms with Crippen LogP contribution < -0.4 is 5.32 Å². The topological polar surface area (TPSA) is 55.6 Å². The first-order valence-electron chi connectivity index (χ1n) is 7.88. The van der Waals surface area contributed by atoms with Crippen molar-refractivity contribution in [2.75, 3.05) is 5.32 Å². The smallest absolute Gasteiger partial charge is 0.181 e. The summed E-state index contributed by atoms with van der Waals surface area (Å²) in [5.74, 6) is 0.705. The SMILES string of the molecule is Cc1cccc(C)c1-n1nnnc1C(C)(C)Nc1ccc(Cl)c(Cl)c1. The molecule has 0 bridgehead atoms. The number of rotatable bonds is 4. The van der Waals surface area contributed by atoms with E-state index in [-0.39, 0.29) is 0 Å². The van der Waals surface area contributed by atoms with Crippen LogP contribution in [-0.2, 0) is 5.54 Å². The third-order valence-electron chi connectivity index (χ3n) is 4.06. The first kappa shape index (κ1) is 17.7. The fourth-order valence-electron chi connectivity index (χ4n) is 2.86. The minimum absolute atomic E-state index is 0.497. The van der Waals surface area contributed by atoms with Crippen molar-refractivity contribution in [3.8, 4) is 5.69 Å². The van der Waals surface area contributed by atoms with Gasteiger partial charge in [-0.2, -0.15) is 4.68 Å². The molecule has 0 radical (unpaired) electrons. The summed E-state index contributed by atoms with van der Waals surface area (Å²) in [6.07, 6.45) is 0. The normalized spacial score (nSPS) is 11.6. The first-order valence-corrected chi connectivity index (χ1v) is 8.64. The Hall–Kier alpha value is -2.11. The number of tetrazole rings is 1. The highest BCUT2D eigenvalue weighted by atomic mass is 35.5. The van der Waals surface area contributed by atoms with E-state index in [0.717, 1.165) is 22.5 Å². The lowest BCUT2D eigenvalue weighted by molar-refractivity contribution is 0.541. The highest BCUT2D eigenvalue weighted by molar-refractivity contribution is 6.42. The number of anilines is 1. The highest BCUT2D eigenvalue weighted by Gasteiger charge is 2.29. The third kappa shape index (κ3) is 3.48. The van der Waals surface area contributed by atoms with Gasteiger partial charge in [0.15, 0.2) is 5.82 Å². The summed E-state index contributed by atoms with van der Waals surface area (Å²) in [7, 11) is 0. The van der Waals surface area contributed by atoms with Gasteiger partial charge >= 0.3 is 0 Å². The number of hydrogen-bond acceptors (Lipinski definition) is 4. The molecule has 0 aliphatic heterocycles. The Kier molecular flexibility index (Phi) is 4.71. The first-order chi connectivity index (χ1) is 11.8. The quantitative estimate of drug-likeness (QED) is 0.701. The van der Waals surface area contributed by atoms with Crippen molar-refractivity contribution in [3.05, 3.63) is 63.4 Å². The fraction of sp³-hybridized carbons (Fsp3) is 0.278. The molecule has 0 aliphatic rings. The molecule has 0 aliphatic carbocycles. The van der Waals surface area contributed by atoms with Gasteiger partial charge in [-0.3, -0.25) is 0 Å². The predicted molar refractivity (Wildman–Crippen MR) is 102 cm³/mol. The van der Waals surface area contributed by atoms with E-state index < -0.39 is 5.54 Å². The minimum Gasteiger partial charge on any atom is -0.373 e. The molecule has 130 valence electrons. The van der Waals surface area contributed by atoms with Crippen molar-refractivity contribution in [1.29, 1.82) is 0 Å². The molecule has 2 aromatic carbocycles. The zero-order chi connectivity index (χ0) is 18.2. The molecule has 1 N–H and O–H groups in total. The van der Waals surface area contributed by atoms with Gasteiger partial charge in [-0.05, 0) is 67.4 Å². The van der Waals surface area contributed by atoms with Gasteiger partial charge in [-0.15, -0.1) is 5.10 Å². The lowest BCUT2D eigenvalue weighted by Gasteiger charge is -2.27. The fourth-order valence-corrected chi connectivity index (χ4v) is 3.16. The lowest BCUT2D eigenvalue weighted by Crippen LogP contribution is -2.32. The van der Waals surface area contributed by atoms with Crippen molar-refractivity contribution >= 4 is 28.9 Å². The van der Waals surface area contributed by atoms with Gasteiger partial charge in [-0.1, -0.05) is 41.4 Å². The molecule has 1 heterocycles. The monoisotopic (exact) mass is 375 g/mol. The van der Waals surface area contributed by atoms with E-state index in [1.807, 2.05) is 52.0 Å². The number of aromatic nitrogens is 4. The Balaban J connectivity index is 2.02. The second kappa shape index (κ2) is 6.65. The summed E-state index contributed by atoms with van der Waals surface area (Å²) in [5, 5.41) is 16.8. The van der Waals surface area contributed by atoms with E-state index in [2.05, 4.69) is 20.8 Å². The molecule has 0 unspecified atom stereocenters. The molecule has 0 saturated heterocycles. The Labute approximate surface area is 157 Å². The molecule has 25 heavy (non-hydrogen) atoms. The van der Waals surface area contributed by atoms with Crippen molar-refractivity contribution in [2.24, 2.45) is 0 Å². The predicted octanol–water partition coefficient (Wildman–Crippen LogP) is 4.93. The Morgan fingerprint density at radius 2 is 1.68 bits per heavy atom. The van der Waals surface area contributed by atoms with Crippen LogP contribution in [0, 0.1) is 13.8 Å². The average molecular weight is 376 g/mol. The van der Waals surface area contributed by atoms with E-state index in [9.17, 15) is 0 Å². The van der Waals surface area contributed by atoms with Crippen molar-refractivity contribution in [2.45, 2.75) is 33.2 Å². The third-order valence-corrected chi connectivity index (χ3v) is 4.80. The maximum absolute atomic E-state index is 6.12. The second-order valence-electron chi connectivity index (χ2n) is 6.53. The molecule has 3 rings (SSSR count). The summed E-state index contributed by atoms with van der Waals surface area (Å²) < 4.78 is 1.79. The van der Waals surface area contributed by atoms with Crippen LogP contribution in [-0.4, -0.2) is 20.2 Å². The minimum atomic E-state index is -0.532. The molecule has 7 heteroatoms. The van der Waals surface area contributed by atoms with Crippen LogP contribution in [0.25, 0.3) is 5.69 Å². The number of halogens is 2. The van der Waals surface area contributed by atoms with Crippen LogP contribution in [0.3, 0.4) is 0 Å². The zero-order valence-electron chi connectivity index (χ0n) is 14.5. The Morgan fingerprint density at radius 1 is 1.00 bits per heavy atom. The van der Waals surface area contributed by atoms with Gasteiger partial charge in [0.05, 0.1) is 21.3 Å². The van der Waals surface area contributed by atoms with Crippen LogP contribution in [0.15, 0.2) is 36.4 Å². The second-order valence-corrected chi connectivity index (χ2v) is 7.35. The maximum Gasteiger partial charge on any atom is 0.181 e. The van der Waals surface area contributed by atoms with Gasteiger partial charge in [0, 0.05) is 5.69 Å². The van der Waals surface area contributed by atoms with Crippen molar-refractivity contribution in [3.63, 3.8) is 0 Å². The molecule has 5 nitrogen and oxygen atoms in total.